The second kappa shape index (κ2) is 9.22. The molecule has 3 aromatic rings. The number of nitrogens with one attached hydrogen (secondary N) is 2. The second-order valence-corrected chi connectivity index (χ2v) is 7.58. The molecule has 0 unspecified atom stereocenters. The van der Waals surface area contributed by atoms with Crippen molar-refractivity contribution in [2.75, 3.05) is 13.6 Å². The summed E-state index contributed by atoms with van der Waals surface area (Å²) in [5.74, 6) is 0.809. The van der Waals surface area contributed by atoms with Gasteiger partial charge in [-0.3, -0.25) is 4.99 Å². The minimum absolute atomic E-state index is 0.0175. The first-order valence-corrected chi connectivity index (χ1v) is 9.60. The molecule has 0 fully saturated rings. The number of nitrogens with zero attached hydrogens (tertiary/aromatic N) is 3. The van der Waals surface area contributed by atoms with Crippen molar-refractivity contribution in [1.82, 2.24) is 20.2 Å². The number of hydrogen-bond donors (Lipinski definition) is 2. The number of aliphatic imine (C=N–C) groups is 1. The van der Waals surface area contributed by atoms with Crippen molar-refractivity contribution in [2.24, 2.45) is 4.99 Å². The lowest BCUT2D eigenvalue weighted by atomic mass is 9.85. The van der Waals surface area contributed by atoms with Crippen LogP contribution in [0.25, 0.3) is 0 Å². The van der Waals surface area contributed by atoms with Crippen LogP contribution in [0.3, 0.4) is 0 Å². The standard InChI is InChI=1S/C23H29N5/c1-23(2,21-10-5-4-6-11-21)17-27-22(24-3)26-15-19-8-7-9-20(14-19)16-28-13-12-25-18-28/h4-14,18H,15-17H2,1-3H3,(H2,24,26,27). The van der Waals surface area contributed by atoms with Gasteiger partial charge in [0.1, 0.15) is 0 Å². The van der Waals surface area contributed by atoms with Gasteiger partial charge >= 0.3 is 0 Å². The van der Waals surface area contributed by atoms with E-state index in [4.69, 9.17) is 0 Å². The summed E-state index contributed by atoms with van der Waals surface area (Å²) < 4.78 is 2.07. The van der Waals surface area contributed by atoms with Crippen LogP contribution in [-0.2, 0) is 18.5 Å². The summed E-state index contributed by atoms with van der Waals surface area (Å²) in [6.07, 6.45) is 5.62. The maximum Gasteiger partial charge on any atom is 0.191 e. The molecule has 0 radical (unpaired) electrons. The van der Waals surface area contributed by atoms with E-state index in [0.29, 0.717) is 0 Å². The lowest BCUT2D eigenvalue weighted by Crippen LogP contribution is -2.43. The number of rotatable bonds is 7. The molecular weight excluding hydrogens is 346 g/mol. The van der Waals surface area contributed by atoms with Crippen LogP contribution in [0.15, 0.2) is 78.3 Å². The SMILES string of the molecule is CN=C(NCc1cccc(Cn2ccnc2)c1)NCC(C)(C)c1ccccc1. The van der Waals surface area contributed by atoms with E-state index in [9.17, 15) is 0 Å². The van der Waals surface area contributed by atoms with E-state index in [1.165, 1.54) is 16.7 Å². The summed E-state index contributed by atoms with van der Waals surface area (Å²) in [5.41, 5.74) is 3.81. The molecule has 0 saturated carbocycles. The summed E-state index contributed by atoms with van der Waals surface area (Å²) in [4.78, 5) is 8.47. The van der Waals surface area contributed by atoms with Crippen LogP contribution in [0.5, 0.6) is 0 Å². The van der Waals surface area contributed by atoms with E-state index in [-0.39, 0.29) is 5.41 Å². The van der Waals surface area contributed by atoms with Gasteiger partial charge in [0.15, 0.2) is 5.96 Å². The molecule has 2 N–H and O–H groups in total. The number of benzene rings is 2. The average Bonchev–Trinajstić information content (AvgIpc) is 3.22. The zero-order valence-corrected chi connectivity index (χ0v) is 16.9. The molecule has 28 heavy (non-hydrogen) atoms. The normalized spacial score (nSPS) is 12.0. The molecular formula is C23H29N5. The van der Waals surface area contributed by atoms with Crippen molar-refractivity contribution in [3.05, 3.63) is 90.0 Å². The largest absolute Gasteiger partial charge is 0.356 e. The molecule has 1 heterocycles. The van der Waals surface area contributed by atoms with E-state index < -0.39 is 0 Å². The fourth-order valence-corrected chi connectivity index (χ4v) is 3.13. The molecule has 146 valence electrons. The smallest absolute Gasteiger partial charge is 0.191 e. The highest BCUT2D eigenvalue weighted by Gasteiger charge is 2.20. The maximum atomic E-state index is 4.37. The van der Waals surface area contributed by atoms with Gasteiger partial charge in [0.25, 0.3) is 0 Å². The van der Waals surface area contributed by atoms with E-state index in [1.807, 2.05) is 12.5 Å². The first-order valence-electron chi connectivity index (χ1n) is 9.60. The first kappa shape index (κ1) is 19.7. The Balaban J connectivity index is 1.54. The van der Waals surface area contributed by atoms with Crippen LogP contribution in [0, 0.1) is 0 Å². The van der Waals surface area contributed by atoms with Gasteiger partial charge < -0.3 is 15.2 Å². The van der Waals surface area contributed by atoms with Gasteiger partial charge in [-0.15, -0.1) is 0 Å². The highest BCUT2D eigenvalue weighted by Crippen LogP contribution is 2.21. The van der Waals surface area contributed by atoms with Crippen LogP contribution >= 0.6 is 0 Å². The predicted octanol–water partition coefficient (Wildman–Crippen LogP) is 3.57. The quantitative estimate of drug-likeness (QED) is 0.490. The minimum Gasteiger partial charge on any atom is -0.356 e. The summed E-state index contributed by atoms with van der Waals surface area (Å²) in [7, 11) is 1.81. The Morgan fingerprint density at radius 3 is 2.54 bits per heavy atom. The second-order valence-electron chi connectivity index (χ2n) is 7.58. The fraction of sp³-hybridized carbons (Fsp3) is 0.304. The third-order valence-electron chi connectivity index (χ3n) is 4.85. The van der Waals surface area contributed by atoms with Crippen molar-refractivity contribution in [1.29, 1.82) is 0 Å². The van der Waals surface area contributed by atoms with Crippen LogP contribution in [0.4, 0.5) is 0 Å². The number of aromatic nitrogens is 2. The molecule has 0 bridgehead atoms. The monoisotopic (exact) mass is 375 g/mol. The van der Waals surface area contributed by atoms with Crippen LogP contribution < -0.4 is 10.6 Å². The zero-order valence-electron chi connectivity index (χ0n) is 16.9. The lowest BCUT2D eigenvalue weighted by Gasteiger charge is -2.26. The van der Waals surface area contributed by atoms with Gasteiger partial charge in [0, 0.05) is 44.5 Å². The summed E-state index contributed by atoms with van der Waals surface area (Å²) >= 11 is 0. The van der Waals surface area contributed by atoms with E-state index in [1.54, 1.807) is 13.2 Å². The molecule has 0 amide bonds. The predicted molar refractivity (Wildman–Crippen MR) is 115 cm³/mol. The molecule has 0 atom stereocenters. The minimum atomic E-state index is 0.0175. The number of imidazole rings is 1. The highest BCUT2D eigenvalue weighted by molar-refractivity contribution is 5.79. The molecule has 0 aliphatic heterocycles. The third kappa shape index (κ3) is 5.46. The zero-order chi connectivity index (χ0) is 19.8. The van der Waals surface area contributed by atoms with Crippen LogP contribution in [0.2, 0.25) is 0 Å². The summed E-state index contributed by atoms with van der Waals surface area (Å²) in [6, 6.07) is 19.1. The maximum absolute atomic E-state index is 4.37. The average molecular weight is 376 g/mol. The Kier molecular flexibility index (Phi) is 6.48. The summed E-state index contributed by atoms with van der Waals surface area (Å²) in [6.45, 7) is 6.83. The Morgan fingerprint density at radius 2 is 1.82 bits per heavy atom. The van der Waals surface area contributed by atoms with Gasteiger partial charge in [-0.2, -0.15) is 0 Å². The van der Waals surface area contributed by atoms with Crippen molar-refractivity contribution < 1.29 is 0 Å². The van der Waals surface area contributed by atoms with Crippen LogP contribution in [-0.4, -0.2) is 29.1 Å². The molecule has 0 aliphatic carbocycles. The highest BCUT2D eigenvalue weighted by atomic mass is 15.2. The van der Waals surface area contributed by atoms with E-state index >= 15 is 0 Å². The van der Waals surface area contributed by atoms with Crippen molar-refractivity contribution in [2.45, 2.75) is 32.4 Å². The lowest BCUT2D eigenvalue weighted by molar-refractivity contribution is 0.508. The molecule has 5 heteroatoms. The third-order valence-corrected chi connectivity index (χ3v) is 4.85. The molecule has 2 aromatic carbocycles. The summed E-state index contributed by atoms with van der Waals surface area (Å²) in [5, 5.41) is 6.87. The Hall–Kier alpha value is -3.08. The molecule has 3 rings (SSSR count). The van der Waals surface area contributed by atoms with Gasteiger partial charge in [-0.1, -0.05) is 68.4 Å². The number of hydrogen-bond acceptors (Lipinski definition) is 2. The van der Waals surface area contributed by atoms with Crippen molar-refractivity contribution in [3.8, 4) is 0 Å². The molecule has 0 spiro atoms. The first-order chi connectivity index (χ1) is 13.6. The van der Waals surface area contributed by atoms with Crippen molar-refractivity contribution >= 4 is 5.96 Å². The van der Waals surface area contributed by atoms with E-state index in [0.717, 1.165) is 25.6 Å². The van der Waals surface area contributed by atoms with E-state index in [2.05, 4.69) is 93.6 Å². The molecule has 0 aliphatic rings. The Morgan fingerprint density at radius 1 is 1.04 bits per heavy atom. The van der Waals surface area contributed by atoms with Crippen molar-refractivity contribution in [3.63, 3.8) is 0 Å². The van der Waals surface area contributed by atoms with Gasteiger partial charge in [0.05, 0.1) is 6.33 Å². The van der Waals surface area contributed by atoms with Crippen LogP contribution in [0.1, 0.15) is 30.5 Å². The molecule has 1 aromatic heterocycles. The fourth-order valence-electron chi connectivity index (χ4n) is 3.13. The van der Waals surface area contributed by atoms with Gasteiger partial charge in [-0.25, -0.2) is 4.98 Å². The Labute approximate surface area is 167 Å². The molecule has 5 nitrogen and oxygen atoms in total. The van der Waals surface area contributed by atoms with Gasteiger partial charge in [-0.05, 0) is 16.7 Å². The molecule has 0 saturated heterocycles. The Bertz CT molecular complexity index is 882. The number of guanidine groups is 1. The van der Waals surface area contributed by atoms with Gasteiger partial charge in [0.2, 0.25) is 0 Å². The topological polar surface area (TPSA) is 54.2 Å².